The zero-order valence-corrected chi connectivity index (χ0v) is 8.34. The standard InChI is InChI=1S/C10H11ClO2/c1-7(13-2)10(12)8-3-5-9(11)6-4-8/h3-7H,1-2H3/t7-/m0/s1. The summed E-state index contributed by atoms with van der Waals surface area (Å²) in [6, 6.07) is 6.77. The molecule has 0 unspecified atom stereocenters. The number of Topliss-reactive ketones (excluding diaryl/α,β-unsaturated/α-hetero) is 1. The van der Waals surface area contributed by atoms with E-state index in [2.05, 4.69) is 0 Å². The van der Waals surface area contributed by atoms with E-state index in [0.29, 0.717) is 10.6 Å². The van der Waals surface area contributed by atoms with Gasteiger partial charge in [0.15, 0.2) is 5.78 Å². The van der Waals surface area contributed by atoms with Crippen molar-refractivity contribution in [3.05, 3.63) is 34.9 Å². The van der Waals surface area contributed by atoms with E-state index in [0.717, 1.165) is 0 Å². The second kappa shape index (κ2) is 4.40. The summed E-state index contributed by atoms with van der Waals surface area (Å²) in [7, 11) is 1.51. The van der Waals surface area contributed by atoms with Crippen molar-refractivity contribution in [3.63, 3.8) is 0 Å². The maximum absolute atomic E-state index is 11.5. The van der Waals surface area contributed by atoms with Gasteiger partial charge in [-0.15, -0.1) is 0 Å². The molecule has 0 saturated heterocycles. The highest BCUT2D eigenvalue weighted by Crippen LogP contribution is 2.11. The molecule has 0 fully saturated rings. The molecule has 0 radical (unpaired) electrons. The third-order valence-electron chi connectivity index (χ3n) is 1.85. The third-order valence-corrected chi connectivity index (χ3v) is 2.10. The highest BCUT2D eigenvalue weighted by molar-refractivity contribution is 6.30. The van der Waals surface area contributed by atoms with Gasteiger partial charge in [0.25, 0.3) is 0 Å². The minimum absolute atomic E-state index is 0.0285. The Balaban J connectivity index is 2.83. The molecule has 70 valence electrons. The van der Waals surface area contributed by atoms with Gasteiger partial charge in [0.1, 0.15) is 6.10 Å². The van der Waals surface area contributed by atoms with Gasteiger partial charge in [-0.05, 0) is 31.2 Å². The fourth-order valence-corrected chi connectivity index (χ4v) is 1.08. The van der Waals surface area contributed by atoms with Crippen LogP contribution in [0.15, 0.2) is 24.3 Å². The van der Waals surface area contributed by atoms with Crippen LogP contribution in [0.2, 0.25) is 5.02 Å². The molecular formula is C10H11ClO2. The molecule has 1 aromatic carbocycles. The Labute approximate surface area is 82.5 Å². The monoisotopic (exact) mass is 198 g/mol. The van der Waals surface area contributed by atoms with Crippen LogP contribution in [0, 0.1) is 0 Å². The molecule has 1 rings (SSSR count). The van der Waals surface area contributed by atoms with Gasteiger partial charge in [0, 0.05) is 17.7 Å². The van der Waals surface area contributed by atoms with E-state index in [1.807, 2.05) is 0 Å². The van der Waals surface area contributed by atoms with Crippen molar-refractivity contribution < 1.29 is 9.53 Å². The smallest absolute Gasteiger partial charge is 0.191 e. The van der Waals surface area contributed by atoms with E-state index in [-0.39, 0.29) is 5.78 Å². The maximum atomic E-state index is 11.5. The van der Waals surface area contributed by atoms with E-state index in [1.54, 1.807) is 31.2 Å². The summed E-state index contributed by atoms with van der Waals surface area (Å²) in [4.78, 5) is 11.5. The molecule has 2 nitrogen and oxygen atoms in total. The minimum atomic E-state index is -0.402. The van der Waals surface area contributed by atoms with E-state index < -0.39 is 6.10 Å². The van der Waals surface area contributed by atoms with Crippen LogP contribution in [0.5, 0.6) is 0 Å². The third kappa shape index (κ3) is 2.54. The SMILES string of the molecule is CO[C@@H](C)C(=O)c1ccc(Cl)cc1. The Morgan fingerprint density at radius 1 is 1.38 bits per heavy atom. The second-order valence-electron chi connectivity index (χ2n) is 2.75. The van der Waals surface area contributed by atoms with Gasteiger partial charge in [-0.2, -0.15) is 0 Å². The van der Waals surface area contributed by atoms with Crippen molar-refractivity contribution >= 4 is 17.4 Å². The van der Waals surface area contributed by atoms with Crippen molar-refractivity contribution in [2.75, 3.05) is 7.11 Å². The average Bonchev–Trinajstić information content (AvgIpc) is 2.17. The lowest BCUT2D eigenvalue weighted by Gasteiger charge is -2.07. The van der Waals surface area contributed by atoms with Crippen molar-refractivity contribution in [1.29, 1.82) is 0 Å². The Bertz CT molecular complexity index is 292. The van der Waals surface area contributed by atoms with Crippen LogP contribution in [0.3, 0.4) is 0 Å². The van der Waals surface area contributed by atoms with Crippen LogP contribution in [0.25, 0.3) is 0 Å². The number of hydrogen-bond acceptors (Lipinski definition) is 2. The van der Waals surface area contributed by atoms with Crippen LogP contribution in [0.1, 0.15) is 17.3 Å². The summed E-state index contributed by atoms with van der Waals surface area (Å²) >= 11 is 5.69. The number of rotatable bonds is 3. The van der Waals surface area contributed by atoms with Gasteiger partial charge in [0.2, 0.25) is 0 Å². The molecule has 13 heavy (non-hydrogen) atoms. The lowest BCUT2D eigenvalue weighted by Crippen LogP contribution is -2.18. The number of methoxy groups -OCH3 is 1. The summed E-state index contributed by atoms with van der Waals surface area (Å²) in [6.07, 6.45) is -0.402. The predicted octanol–water partition coefficient (Wildman–Crippen LogP) is 2.56. The van der Waals surface area contributed by atoms with E-state index in [9.17, 15) is 4.79 Å². The minimum Gasteiger partial charge on any atom is -0.374 e. The van der Waals surface area contributed by atoms with Crippen LogP contribution in [0.4, 0.5) is 0 Å². The van der Waals surface area contributed by atoms with Crippen molar-refractivity contribution in [1.82, 2.24) is 0 Å². The number of ether oxygens (including phenoxy) is 1. The van der Waals surface area contributed by atoms with Gasteiger partial charge in [-0.1, -0.05) is 11.6 Å². The second-order valence-corrected chi connectivity index (χ2v) is 3.19. The summed E-state index contributed by atoms with van der Waals surface area (Å²) in [6.45, 7) is 1.72. The van der Waals surface area contributed by atoms with Gasteiger partial charge < -0.3 is 4.74 Å². The van der Waals surface area contributed by atoms with Crippen LogP contribution in [-0.4, -0.2) is 19.0 Å². The molecular weight excluding hydrogens is 188 g/mol. The quantitative estimate of drug-likeness (QED) is 0.698. The van der Waals surface area contributed by atoms with Gasteiger partial charge in [-0.3, -0.25) is 4.79 Å². The maximum Gasteiger partial charge on any atom is 0.191 e. The zero-order chi connectivity index (χ0) is 9.84. The zero-order valence-electron chi connectivity index (χ0n) is 7.58. The summed E-state index contributed by atoms with van der Waals surface area (Å²) in [5.74, 6) is -0.0285. The summed E-state index contributed by atoms with van der Waals surface area (Å²) in [5.41, 5.74) is 0.624. The van der Waals surface area contributed by atoms with Crippen LogP contribution < -0.4 is 0 Å². The van der Waals surface area contributed by atoms with Crippen molar-refractivity contribution in [2.24, 2.45) is 0 Å². The molecule has 0 spiro atoms. The van der Waals surface area contributed by atoms with Gasteiger partial charge >= 0.3 is 0 Å². The summed E-state index contributed by atoms with van der Waals surface area (Å²) in [5, 5.41) is 0.626. The number of ketones is 1. The lowest BCUT2D eigenvalue weighted by atomic mass is 10.1. The Morgan fingerprint density at radius 2 is 1.92 bits per heavy atom. The summed E-state index contributed by atoms with van der Waals surface area (Å²) < 4.78 is 4.91. The first-order chi connectivity index (χ1) is 6.15. The normalized spacial score (nSPS) is 12.5. The van der Waals surface area contributed by atoms with Gasteiger partial charge in [0.05, 0.1) is 0 Å². The topological polar surface area (TPSA) is 26.3 Å². The lowest BCUT2D eigenvalue weighted by molar-refractivity contribution is 0.0655. The molecule has 0 aromatic heterocycles. The van der Waals surface area contributed by atoms with Crippen molar-refractivity contribution in [3.8, 4) is 0 Å². The Morgan fingerprint density at radius 3 is 2.38 bits per heavy atom. The largest absolute Gasteiger partial charge is 0.374 e. The molecule has 1 atom stereocenters. The number of hydrogen-bond donors (Lipinski definition) is 0. The highest BCUT2D eigenvalue weighted by atomic mass is 35.5. The van der Waals surface area contributed by atoms with Crippen LogP contribution >= 0.6 is 11.6 Å². The molecule has 0 saturated carbocycles. The van der Waals surface area contributed by atoms with Crippen LogP contribution in [-0.2, 0) is 4.74 Å². The van der Waals surface area contributed by atoms with Gasteiger partial charge in [-0.25, -0.2) is 0 Å². The molecule has 0 aliphatic carbocycles. The fourth-order valence-electron chi connectivity index (χ4n) is 0.956. The first-order valence-corrected chi connectivity index (χ1v) is 4.35. The number of benzene rings is 1. The predicted molar refractivity (Wildman–Crippen MR) is 52.3 cm³/mol. The molecule has 0 aliphatic heterocycles. The van der Waals surface area contributed by atoms with E-state index in [4.69, 9.17) is 16.3 Å². The average molecular weight is 199 g/mol. The van der Waals surface area contributed by atoms with E-state index >= 15 is 0 Å². The molecule has 3 heteroatoms. The Kier molecular flexibility index (Phi) is 3.46. The molecule has 0 amide bonds. The first kappa shape index (κ1) is 10.2. The number of halogens is 1. The molecule has 1 aromatic rings. The molecule has 0 heterocycles. The Hall–Kier alpha value is -0.860. The van der Waals surface area contributed by atoms with E-state index in [1.165, 1.54) is 7.11 Å². The highest BCUT2D eigenvalue weighted by Gasteiger charge is 2.13. The first-order valence-electron chi connectivity index (χ1n) is 3.97. The fraction of sp³-hybridized carbons (Fsp3) is 0.300. The molecule has 0 N–H and O–H groups in total. The molecule has 0 aliphatic rings. The number of carbonyl (C=O) groups is 1. The number of carbonyl (C=O) groups excluding carboxylic acids is 1. The van der Waals surface area contributed by atoms with Crippen molar-refractivity contribution in [2.45, 2.75) is 13.0 Å². The molecule has 0 bridgehead atoms.